The third-order valence-corrected chi connectivity index (χ3v) is 3.22. The van der Waals surface area contributed by atoms with Gasteiger partial charge in [0.15, 0.2) is 0 Å². The molecule has 0 aliphatic carbocycles. The second-order valence-electron chi connectivity index (χ2n) is 4.40. The predicted molar refractivity (Wildman–Crippen MR) is 60.5 cm³/mol. The predicted octanol–water partition coefficient (Wildman–Crippen LogP) is 2.58. The summed E-state index contributed by atoms with van der Waals surface area (Å²) in [5.41, 5.74) is 0. The van der Waals surface area contributed by atoms with E-state index in [0.29, 0.717) is 6.04 Å². The van der Waals surface area contributed by atoms with Crippen molar-refractivity contribution in [3.8, 4) is 0 Å². The molecule has 2 heteroatoms. The Labute approximate surface area is 88.4 Å². The van der Waals surface area contributed by atoms with Crippen LogP contribution in [0, 0.1) is 5.92 Å². The molecule has 0 aromatic rings. The van der Waals surface area contributed by atoms with Crippen LogP contribution in [-0.2, 0) is 4.74 Å². The molecule has 1 rings (SSSR count). The average Bonchev–Trinajstić information content (AvgIpc) is 2.25. The fourth-order valence-corrected chi connectivity index (χ4v) is 2.09. The fraction of sp³-hybridized carbons (Fsp3) is 1.00. The minimum absolute atomic E-state index is 0.677. The van der Waals surface area contributed by atoms with Crippen LogP contribution in [0.1, 0.15) is 46.0 Å². The molecule has 1 aliphatic rings. The van der Waals surface area contributed by atoms with E-state index in [1.54, 1.807) is 0 Å². The molecule has 1 fully saturated rings. The molecule has 0 aromatic heterocycles. The topological polar surface area (TPSA) is 21.3 Å². The van der Waals surface area contributed by atoms with Gasteiger partial charge in [-0.15, -0.1) is 0 Å². The van der Waals surface area contributed by atoms with E-state index in [0.717, 1.165) is 19.1 Å². The lowest BCUT2D eigenvalue weighted by atomic mass is 9.93. The van der Waals surface area contributed by atoms with Gasteiger partial charge in [0, 0.05) is 19.3 Å². The van der Waals surface area contributed by atoms with E-state index in [9.17, 15) is 0 Å². The second-order valence-corrected chi connectivity index (χ2v) is 4.40. The van der Waals surface area contributed by atoms with Crippen molar-refractivity contribution < 1.29 is 4.74 Å². The van der Waals surface area contributed by atoms with E-state index in [1.165, 1.54) is 38.6 Å². The van der Waals surface area contributed by atoms with E-state index in [4.69, 9.17) is 4.74 Å². The van der Waals surface area contributed by atoms with Crippen LogP contribution in [0.5, 0.6) is 0 Å². The van der Waals surface area contributed by atoms with Crippen molar-refractivity contribution in [3.63, 3.8) is 0 Å². The van der Waals surface area contributed by atoms with E-state index in [2.05, 4.69) is 19.2 Å². The van der Waals surface area contributed by atoms with E-state index < -0.39 is 0 Å². The highest BCUT2D eigenvalue weighted by Gasteiger charge is 2.19. The maximum absolute atomic E-state index is 5.37. The number of unbranched alkanes of at least 4 members (excludes halogenated alkanes) is 2. The Bertz CT molecular complexity index is 132. The molecule has 0 saturated carbocycles. The van der Waals surface area contributed by atoms with Gasteiger partial charge in [0.25, 0.3) is 0 Å². The SMILES string of the molecule is CCCCCNC(C)C1CCOCC1. The summed E-state index contributed by atoms with van der Waals surface area (Å²) in [6.45, 7) is 7.69. The highest BCUT2D eigenvalue weighted by molar-refractivity contribution is 4.74. The van der Waals surface area contributed by atoms with Gasteiger partial charge < -0.3 is 10.1 Å². The zero-order valence-corrected chi connectivity index (χ0v) is 9.72. The zero-order chi connectivity index (χ0) is 10.2. The van der Waals surface area contributed by atoms with E-state index >= 15 is 0 Å². The first-order valence-corrected chi connectivity index (χ1v) is 6.15. The van der Waals surface area contributed by atoms with Gasteiger partial charge in [-0.25, -0.2) is 0 Å². The third kappa shape index (κ3) is 4.43. The molecule has 1 unspecified atom stereocenters. The van der Waals surface area contributed by atoms with Gasteiger partial charge >= 0.3 is 0 Å². The largest absolute Gasteiger partial charge is 0.381 e. The Morgan fingerprint density at radius 3 is 2.64 bits per heavy atom. The van der Waals surface area contributed by atoms with Crippen molar-refractivity contribution in [2.45, 2.75) is 52.0 Å². The summed E-state index contributed by atoms with van der Waals surface area (Å²) >= 11 is 0. The Hall–Kier alpha value is -0.0800. The van der Waals surface area contributed by atoms with Crippen LogP contribution in [0.2, 0.25) is 0 Å². The second kappa shape index (κ2) is 7.24. The molecule has 1 atom stereocenters. The first-order chi connectivity index (χ1) is 6.84. The Balaban J connectivity index is 2.04. The van der Waals surface area contributed by atoms with Crippen molar-refractivity contribution in [2.75, 3.05) is 19.8 Å². The summed E-state index contributed by atoms with van der Waals surface area (Å²) in [7, 11) is 0. The van der Waals surface area contributed by atoms with Gasteiger partial charge in [-0.05, 0) is 38.6 Å². The summed E-state index contributed by atoms with van der Waals surface area (Å²) < 4.78 is 5.37. The average molecular weight is 199 g/mol. The highest BCUT2D eigenvalue weighted by Crippen LogP contribution is 2.18. The molecule has 0 radical (unpaired) electrons. The molecule has 14 heavy (non-hydrogen) atoms. The lowest BCUT2D eigenvalue weighted by Crippen LogP contribution is -2.37. The Morgan fingerprint density at radius 2 is 2.00 bits per heavy atom. The molecule has 1 saturated heterocycles. The summed E-state index contributed by atoms with van der Waals surface area (Å²) in [6.07, 6.45) is 6.47. The molecule has 0 spiro atoms. The normalized spacial score (nSPS) is 21.0. The highest BCUT2D eigenvalue weighted by atomic mass is 16.5. The van der Waals surface area contributed by atoms with Gasteiger partial charge in [-0.2, -0.15) is 0 Å². The first-order valence-electron chi connectivity index (χ1n) is 6.15. The van der Waals surface area contributed by atoms with Crippen molar-refractivity contribution in [1.82, 2.24) is 5.32 Å². The quantitative estimate of drug-likeness (QED) is 0.664. The van der Waals surface area contributed by atoms with Crippen LogP contribution in [0.3, 0.4) is 0 Å². The first kappa shape index (κ1) is 12.0. The van der Waals surface area contributed by atoms with Crippen LogP contribution >= 0.6 is 0 Å². The minimum Gasteiger partial charge on any atom is -0.381 e. The monoisotopic (exact) mass is 199 g/mol. The summed E-state index contributed by atoms with van der Waals surface area (Å²) in [5, 5.41) is 3.63. The molecular weight excluding hydrogens is 174 g/mol. The maximum Gasteiger partial charge on any atom is 0.0469 e. The molecule has 84 valence electrons. The zero-order valence-electron chi connectivity index (χ0n) is 9.72. The molecule has 0 amide bonds. The van der Waals surface area contributed by atoms with Gasteiger partial charge in [-0.1, -0.05) is 19.8 Å². The van der Waals surface area contributed by atoms with Crippen molar-refractivity contribution >= 4 is 0 Å². The lowest BCUT2D eigenvalue weighted by Gasteiger charge is -2.28. The Morgan fingerprint density at radius 1 is 1.29 bits per heavy atom. The minimum atomic E-state index is 0.677. The smallest absolute Gasteiger partial charge is 0.0469 e. The van der Waals surface area contributed by atoms with Crippen LogP contribution < -0.4 is 5.32 Å². The van der Waals surface area contributed by atoms with Gasteiger partial charge in [0.2, 0.25) is 0 Å². The molecule has 2 nitrogen and oxygen atoms in total. The molecule has 1 N–H and O–H groups in total. The number of hydrogen-bond acceptors (Lipinski definition) is 2. The lowest BCUT2D eigenvalue weighted by molar-refractivity contribution is 0.0560. The number of hydrogen-bond donors (Lipinski definition) is 1. The standard InChI is InChI=1S/C12H25NO/c1-3-4-5-8-13-11(2)12-6-9-14-10-7-12/h11-13H,3-10H2,1-2H3. The van der Waals surface area contributed by atoms with Gasteiger partial charge in [-0.3, -0.25) is 0 Å². The number of nitrogens with one attached hydrogen (secondary N) is 1. The van der Waals surface area contributed by atoms with E-state index in [1.807, 2.05) is 0 Å². The summed E-state index contributed by atoms with van der Waals surface area (Å²) in [6, 6.07) is 0.677. The van der Waals surface area contributed by atoms with Crippen LogP contribution in [0.15, 0.2) is 0 Å². The number of ether oxygens (including phenoxy) is 1. The van der Waals surface area contributed by atoms with Crippen LogP contribution in [0.25, 0.3) is 0 Å². The molecule has 1 aliphatic heterocycles. The fourth-order valence-electron chi connectivity index (χ4n) is 2.09. The number of rotatable bonds is 6. The van der Waals surface area contributed by atoms with Gasteiger partial charge in [0.1, 0.15) is 0 Å². The van der Waals surface area contributed by atoms with Gasteiger partial charge in [0.05, 0.1) is 0 Å². The van der Waals surface area contributed by atoms with Crippen molar-refractivity contribution in [1.29, 1.82) is 0 Å². The van der Waals surface area contributed by atoms with Crippen molar-refractivity contribution in [2.24, 2.45) is 5.92 Å². The molecular formula is C12H25NO. The molecule has 0 bridgehead atoms. The third-order valence-electron chi connectivity index (χ3n) is 3.22. The molecule has 0 aromatic carbocycles. The van der Waals surface area contributed by atoms with Crippen molar-refractivity contribution in [3.05, 3.63) is 0 Å². The van der Waals surface area contributed by atoms with Crippen LogP contribution in [-0.4, -0.2) is 25.8 Å². The Kier molecular flexibility index (Phi) is 6.20. The maximum atomic E-state index is 5.37. The summed E-state index contributed by atoms with van der Waals surface area (Å²) in [5.74, 6) is 0.838. The molecule has 1 heterocycles. The van der Waals surface area contributed by atoms with E-state index in [-0.39, 0.29) is 0 Å². The summed E-state index contributed by atoms with van der Waals surface area (Å²) in [4.78, 5) is 0. The van der Waals surface area contributed by atoms with Crippen LogP contribution in [0.4, 0.5) is 0 Å².